The number of hydrogen-bond donors (Lipinski definition) is 1. The molecule has 4 heteroatoms. The van der Waals surface area contributed by atoms with Gasteiger partial charge >= 0.3 is 0 Å². The topological polar surface area (TPSA) is 47.0 Å². The standard InChI is InChI=1S/C14H17N3O/c1-11(12-5-3-7-14(9-12)18-2)15-10-13-6-4-8-16-17-13/h3-9,11,15H,10H2,1-2H3. The molecule has 0 amide bonds. The van der Waals surface area contributed by atoms with Crippen LogP contribution in [0.25, 0.3) is 0 Å². The first-order valence-electron chi connectivity index (χ1n) is 5.93. The lowest BCUT2D eigenvalue weighted by molar-refractivity contribution is 0.413. The first kappa shape index (κ1) is 12.5. The Bertz CT molecular complexity index is 487. The highest BCUT2D eigenvalue weighted by Crippen LogP contribution is 2.18. The van der Waals surface area contributed by atoms with Crippen molar-refractivity contribution in [1.82, 2.24) is 15.5 Å². The molecule has 2 rings (SSSR count). The highest BCUT2D eigenvalue weighted by Gasteiger charge is 2.06. The fourth-order valence-electron chi connectivity index (χ4n) is 1.71. The van der Waals surface area contributed by atoms with Gasteiger partial charge in [0, 0.05) is 18.8 Å². The lowest BCUT2D eigenvalue weighted by Gasteiger charge is -2.14. The Balaban J connectivity index is 1.97. The Morgan fingerprint density at radius 2 is 2.17 bits per heavy atom. The number of rotatable bonds is 5. The fraction of sp³-hybridized carbons (Fsp3) is 0.286. The monoisotopic (exact) mass is 243 g/mol. The molecule has 2 aromatic rings. The second-order valence-corrected chi connectivity index (χ2v) is 4.09. The molecule has 0 aliphatic heterocycles. The molecule has 4 nitrogen and oxygen atoms in total. The van der Waals surface area contributed by atoms with Crippen LogP contribution in [-0.4, -0.2) is 17.3 Å². The maximum Gasteiger partial charge on any atom is 0.119 e. The van der Waals surface area contributed by atoms with E-state index in [-0.39, 0.29) is 6.04 Å². The maximum absolute atomic E-state index is 5.22. The molecule has 1 aromatic carbocycles. The van der Waals surface area contributed by atoms with Gasteiger partial charge in [-0.2, -0.15) is 10.2 Å². The smallest absolute Gasteiger partial charge is 0.119 e. The molecule has 0 bridgehead atoms. The second kappa shape index (κ2) is 6.12. The summed E-state index contributed by atoms with van der Waals surface area (Å²) in [6, 6.07) is 12.1. The largest absolute Gasteiger partial charge is 0.497 e. The predicted octanol–water partition coefficient (Wildman–Crippen LogP) is 2.34. The van der Waals surface area contributed by atoms with Gasteiger partial charge < -0.3 is 10.1 Å². The zero-order chi connectivity index (χ0) is 12.8. The van der Waals surface area contributed by atoms with E-state index in [2.05, 4.69) is 28.5 Å². The van der Waals surface area contributed by atoms with Crippen LogP contribution in [-0.2, 0) is 6.54 Å². The van der Waals surface area contributed by atoms with Crippen LogP contribution >= 0.6 is 0 Å². The summed E-state index contributed by atoms with van der Waals surface area (Å²) in [5.74, 6) is 0.876. The Labute approximate surface area is 107 Å². The molecule has 1 atom stereocenters. The zero-order valence-corrected chi connectivity index (χ0v) is 10.6. The number of hydrogen-bond acceptors (Lipinski definition) is 4. The van der Waals surface area contributed by atoms with Crippen molar-refractivity contribution in [3.63, 3.8) is 0 Å². The third kappa shape index (κ3) is 3.28. The van der Waals surface area contributed by atoms with Gasteiger partial charge in [-0.25, -0.2) is 0 Å². The van der Waals surface area contributed by atoms with E-state index in [9.17, 15) is 0 Å². The van der Waals surface area contributed by atoms with E-state index in [0.717, 1.165) is 11.4 Å². The number of methoxy groups -OCH3 is 1. The van der Waals surface area contributed by atoms with Crippen LogP contribution in [0, 0.1) is 0 Å². The molecule has 0 spiro atoms. The predicted molar refractivity (Wildman–Crippen MR) is 70.3 cm³/mol. The van der Waals surface area contributed by atoms with Crippen LogP contribution in [0.3, 0.4) is 0 Å². The third-order valence-electron chi connectivity index (χ3n) is 2.81. The van der Waals surface area contributed by atoms with Crippen molar-refractivity contribution < 1.29 is 4.74 Å². The van der Waals surface area contributed by atoms with E-state index in [1.165, 1.54) is 5.56 Å². The normalized spacial score (nSPS) is 12.1. The van der Waals surface area contributed by atoms with Gasteiger partial charge in [0.25, 0.3) is 0 Å². The Morgan fingerprint density at radius 1 is 1.28 bits per heavy atom. The van der Waals surface area contributed by atoms with Gasteiger partial charge in [-0.3, -0.25) is 0 Å². The van der Waals surface area contributed by atoms with Crippen LogP contribution in [0.15, 0.2) is 42.6 Å². The molecule has 94 valence electrons. The molecule has 1 N–H and O–H groups in total. The van der Waals surface area contributed by atoms with Gasteiger partial charge in [0.15, 0.2) is 0 Å². The molecule has 0 aliphatic rings. The molecule has 0 fully saturated rings. The van der Waals surface area contributed by atoms with Crippen molar-refractivity contribution in [3.05, 3.63) is 53.9 Å². The Hall–Kier alpha value is -1.94. The first-order chi connectivity index (χ1) is 8.79. The van der Waals surface area contributed by atoms with Crippen LogP contribution in [0.1, 0.15) is 24.2 Å². The van der Waals surface area contributed by atoms with Crippen molar-refractivity contribution in [1.29, 1.82) is 0 Å². The van der Waals surface area contributed by atoms with E-state index in [0.29, 0.717) is 6.54 Å². The summed E-state index contributed by atoms with van der Waals surface area (Å²) in [4.78, 5) is 0. The fourth-order valence-corrected chi connectivity index (χ4v) is 1.71. The first-order valence-corrected chi connectivity index (χ1v) is 5.93. The van der Waals surface area contributed by atoms with E-state index in [4.69, 9.17) is 4.74 Å². The average Bonchev–Trinajstić information content (AvgIpc) is 2.46. The van der Waals surface area contributed by atoms with Gasteiger partial charge in [-0.15, -0.1) is 0 Å². The van der Waals surface area contributed by atoms with Gasteiger partial charge in [-0.1, -0.05) is 12.1 Å². The summed E-state index contributed by atoms with van der Waals surface area (Å²) in [7, 11) is 1.68. The van der Waals surface area contributed by atoms with Crippen LogP contribution in [0.5, 0.6) is 5.75 Å². The van der Waals surface area contributed by atoms with Gasteiger partial charge in [0.05, 0.1) is 12.8 Å². The average molecular weight is 243 g/mol. The molecule has 1 heterocycles. The van der Waals surface area contributed by atoms with Gasteiger partial charge in [0.1, 0.15) is 5.75 Å². The summed E-state index contributed by atoms with van der Waals surface area (Å²) in [6.07, 6.45) is 1.68. The Kier molecular flexibility index (Phi) is 4.25. The zero-order valence-electron chi connectivity index (χ0n) is 10.6. The maximum atomic E-state index is 5.22. The minimum absolute atomic E-state index is 0.238. The quantitative estimate of drug-likeness (QED) is 0.875. The molecule has 0 saturated carbocycles. The van der Waals surface area contributed by atoms with Crippen molar-refractivity contribution in [3.8, 4) is 5.75 Å². The number of ether oxygens (including phenoxy) is 1. The number of nitrogens with zero attached hydrogens (tertiary/aromatic N) is 2. The molecule has 0 radical (unpaired) electrons. The van der Waals surface area contributed by atoms with Crippen LogP contribution in [0.2, 0.25) is 0 Å². The summed E-state index contributed by atoms with van der Waals surface area (Å²) in [5, 5.41) is 11.3. The minimum Gasteiger partial charge on any atom is -0.497 e. The van der Waals surface area contributed by atoms with Crippen LogP contribution in [0.4, 0.5) is 0 Å². The van der Waals surface area contributed by atoms with Crippen LogP contribution < -0.4 is 10.1 Å². The summed E-state index contributed by atoms with van der Waals surface area (Å²) >= 11 is 0. The summed E-state index contributed by atoms with van der Waals surface area (Å²) in [5.41, 5.74) is 2.13. The van der Waals surface area contributed by atoms with Crippen molar-refractivity contribution in [2.45, 2.75) is 19.5 Å². The highest BCUT2D eigenvalue weighted by atomic mass is 16.5. The van der Waals surface area contributed by atoms with E-state index < -0.39 is 0 Å². The number of benzene rings is 1. The molecular weight excluding hydrogens is 226 g/mol. The highest BCUT2D eigenvalue weighted by molar-refractivity contribution is 5.30. The molecule has 0 saturated heterocycles. The van der Waals surface area contributed by atoms with Crippen molar-refractivity contribution in [2.24, 2.45) is 0 Å². The molecule has 0 aliphatic carbocycles. The van der Waals surface area contributed by atoms with E-state index >= 15 is 0 Å². The van der Waals surface area contributed by atoms with Crippen molar-refractivity contribution >= 4 is 0 Å². The van der Waals surface area contributed by atoms with Gasteiger partial charge in [-0.05, 0) is 36.8 Å². The third-order valence-corrected chi connectivity index (χ3v) is 2.81. The second-order valence-electron chi connectivity index (χ2n) is 4.09. The lowest BCUT2D eigenvalue weighted by Crippen LogP contribution is -2.18. The number of nitrogens with one attached hydrogen (secondary N) is 1. The Morgan fingerprint density at radius 3 is 2.89 bits per heavy atom. The van der Waals surface area contributed by atoms with Gasteiger partial charge in [0.2, 0.25) is 0 Å². The van der Waals surface area contributed by atoms with E-state index in [1.807, 2.05) is 30.3 Å². The van der Waals surface area contributed by atoms with Crippen molar-refractivity contribution in [2.75, 3.05) is 7.11 Å². The molecule has 18 heavy (non-hydrogen) atoms. The minimum atomic E-state index is 0.238. The molecule has 1 unspecified atom stereocenters. The summed E-state index contributed by atoms with van der Waals surface area (Å²) in [6.45, 7) is 2.82. The lowest BCUT2D eigenvalue weighted by atomic mass is 10.1. The number of aromatic nitrogens is 2. The molecular formula is C14H17N3O. The molecule has 1 aromatic heterocycles. The summed E-state index contributed by atoms with van der Waals surface area (Å²) < 4.78 is 5.22. The SMILES string of the molecule is COc1cccc(C(C)NCc2cccnn2)c1. The van der Waals surface area contributed by atoms with E-state index in [1.54, 1.807) is 13.3 Å².